The number of anilines is 2. The smallest absolute Gasteiger partial charge is 0.280 e. The largest absolute Gasteiger partial charge is 0.394 e. The summed E-state index contributed by atoms with van der Waals surface area (Å²) < 4.78 is 0. The fourth-order valence-corrected chi connectivity index (χ4v) is 6.68. The molecule has 1 heterocycles. The highest BCUT2D eigenvalue weighted by molar-refractivity contribution is 6.31. The minimum absolute atomic E-state index is 0. The van der Waals surface area contributed by atoms with Gasteiger partial charge in [-0.25, -0.2) is 9.97 Å². The highest BCUT2D eigenvalue weighted by atomic mass is 35.5. The standard InChI is InChI=1S/C39H61ClN10O7.ClH/c1-2-3-4-9-20-50(22-29(52)32(54)33(55)30(53)23-51)21-10-19-45-28(37(43)56)17-16-25-15-14-24(26-12-5-6-13-27(25)26)11-7-8-18-46-39(44)49-38(57)31-35(41)48-36(42)34(40)47-31;/h5-6,12-15,28-30,32-33,45,51-55H,2-4,7-11,16-23H2,1H3,(H2,43,56)(H4,41,42,48)(H3,44,46,49,57);1H/t28-,29-,30+,32+,33+;/m0./s1. The summed E-state index contributed by atoms with van der Waals surface area (Å²) in [5.41, 5.74) is 19.1. The first kappa shape index (κ1) is 50.2. The average molecular weight is 854 g/mol. The predicted octanol–water partition coefficient (Wildman–Crippen LogP) is 1.23. The third-order valence-corrected chi connectivity index (χ3v) is 10.1. The molecule has 0 saturated carbocycles. The molecule has 3 aromatic rings. The minimum atomic E-state index is -1.68. The first-order valence-corrected chi connectivity index (χ1v) is 19.9. The molecule has 0 fully saturated rings. The molecule has 0 aliphatic carbocycles. The predicted molar refractivity (Wildman–Crippen MR) is 229 cm³/mol. The van der Waals surface area contributed by atoms with Crippen LogP contribution in [0.3, 0.4) is 0 Å². The number of carbonyl (C=O) groups is 2. The number of nitrogens with two attached hydrogens (primary N) is 3. The van der Waals surface area contributed by atoms with Gasteiger partial charge in [-0.1, -0.05) is 74.2 Å². The lowest BCUT2D eigenvalue weighted by atomic mass is 9.93. The van der Waals surface area contributed by atoms with Crippen molar-refractivity contribution in [3.63, 3.8) is 0 Å². The number of rotatable bonds is 26. The fraction of sp³-hybridized carbons (Fsp3) is 0.564. The fourth-order valence-electron chi connectivity index (χ4n) is 6.56. The first-order valence-electron chi connectivity index (χ1n) is 19.6. The number of aromatic nitrogens is 2. The van der Waals surface area contributed by atoms with Crippen LogP contribution in [0.4, 0.5) is 11.6 Å². The molecule has 3 rings (SSSR count). The molecule has 0 spiro atoms. The van der Waals surface area contributed by atoms with E-state index in [9.17, 15) is 30.0 Å². The molecule has 2 aromatic carbocycles. The van der Waals surface area contributed by atoms with Crippen molar-refractivity contribution >= 4 is 64.2 Å². The molecular formula is C39H62Cl2N10O7. The number of fused-ring (bicyclic) bond motifs is 1. The number of guanidine groups is 1. The quantitative estimate of drug-likeness (QED) is 0.0307. The zero-order chi connectivity index (χ0) is 41.9. The van der Waals surface area contributed by atoms with Gasteiger partial charge in [0, 0.05) is 13.1 Å². The summed E-state index contributed by atoms with van der Waals surface area (Å²) in [5.74, 6) is -1.67. The van der Waals surface area contributed by atoms with E-state index in [0.29, 0.717) is 45.4 Å². The Balaban J connectivity index is 0.0000116. The van der Waals surface area contributed by atoms with E-state index >= 15 is 0 Å². The monoisotopic (exact) mass is 852 g/mol. The minimum Gasteiger partial charge on any atom is -0.394 e. The molecule has 17 nitrogen and oxygen atoms in total. The van der Waals surface area contributed by atoms with Crippen LogP contribution in [0.15, 0.2) is 36.4 Å². The average Bonchev–Trinajstić information content (AvgIpc) is 3.19. The molecule has 58 heavy (non-hydrogen) atoms. The second-order valence-electron chi connectivity index (χ2n) is 14.2. The Morgan fingerprint density at radius 1 is 0.845 bits per heavy atom. The lowest BCUT2D eigenvalue weighted by Gasteiger charge is -2.30. The van der Waals surface area contributed by atoms with Crippen molar-refractivity contribution in [2.45, 2.75) is 102 Å². The Morgan fingerprint density at radius 2 is 1.48 bits per heavy atom. The lowest BCUT2D eigenvalue weighted by Crippen LogP contribution is -2.50. The summed E-state index contributed by atoms with van der Waals surface area (Å²) in [6.07, 6.45) is 1.93. The van der Waals surface area contributed by atoms with E-state index in [0.717, 1.165) is 61.3 Å². The molecular weight excluding hydrogens is 791 g/mol. The number of primary amides is 1. The molecule has 0 aliphatic rings. The normalized spacial score (nSPS) is 14.0. The van der Waals surface area contributed by atoms with Gasteiger partial charge in [0.1, 0.15) is 18.3 Å². The second-order valence-corrected chi connectivity index (χ2v) is 14.6. The van der Waals surface area contributed by atoms with Crippen LogP contribution in [0.25, 0.3) is 10.8 Å². The summed E-state index contributed by atoms with van der Waals surface area (Å²) >= 11 is 5.85. The van der Waals surface area contributed by atoms with Gasteiger partial charge in [-0.15, -0.1) is 12.4 Å². The van der Waals surface area contributed by atoms with E-state index in [-0.39, 0.29) is 47.4 Å². The lowest BCUT2D eigenvalue weighted by molar-refractivity contribution is -0.120. The highest BCUT2D eigenvalue weighted by Gasteiger charge is 2.31. The van der Waals surface area contributed by atoms with Gasteiger partial charge in [0.25, 0.3) is 5.91 Å². The van der Waals surface area contributed by atoms with Crippen molar-refractivity contribution in [3.05, 3.63) is 58.4 Å². The number of aryl methyl sites for hydroxylation is 2. The van der Waals surface area contributed by atoms with Gasteiger partial charge in [-0.3, -0.25) is 20.3 Å². The second kappa shape index (κ2) is 26.2. The van der Waals surface area contributed by atoms with Crippen molar-refractivity contribution in [1.82, 2.24) is 30.8 Å². The van der Waals surface area contributed by atoms with Gasteiger partial charge in [0.15, 0.2) is 28.4 Å². The molecule has 0 radical (unpaired) electrons. The highest BCUT2D eigenvalue weighted by Crippen LogP contribution is 2.26. The van der Waals surface area contributed by atoms with Gasteiger partial charge < -0.3 is 58.3 Å². The maximum absolute atomic E-state index is 12.5. The summed E-state index contributed by atoms with van der Waals surface area (Å²) in [6.45, 7) is 3.61. The van der Waals surface area contributed by atoms with Crippen LogP contribution >= 0.6 is 24.0 Å². The molecule has 19 heteroatoms. The van der Waals surface area contributed by atoms with Crippen LogP contribution < -0.4 is 33.2 Å². The molecule has 324 valence electrons. The van der Waals surface area contributed by atoms with Crippen molar-refractivity contribution < 1.29 is 35.1 Å². The number of nitrogens with zero attached hydrogens (tertiary/aromatic N) is 3. The number of amides is 2. The van der Waals surface area contributed by atoms with Crippen molar-refractivity contribution in [2.75, 3.05) is 50.8 Å². The first-order chi connectivity index (χ1) is 27.3. The zero-order valence-corrected chi connectivity index (χ0v) is 34.6. The van der Waals surface area contributed by atoms with Crippen LogP contribution in [0, 0.1) is 5.41 Å². The zero-order valence-electron chi connectivity index (χ0n) is 33.1. The Morgan fingerprint density at radius 3 is 2.12 bits per heavy atom. The molecule has 5 atom stereocenters. The Hall–Kier alpha value is -3.91. The maximum Gasteiger partial charge on any atom is 0.280 e. The number of aliphatic hydroxyl groups is 5. The van der Waals surface area contributed by atoms with Gasteiger partial charge in [-0.2, -0.15) is 0 Å². The van der Waals surface area contributed by atoms with E-state index in [2.05, 4.69) is 57.1 Å². The van der Waals surface area contributed by atoms with Gasteiger partial charge in [-0.05, 0) is 86.5 Å². The molecule has 2 amide bonds. The van der Waals surface area contributed by atoms with Gasteiger partial charge in [0.2, 0.25) is 5.91 Å². The van der Waals surface area contributed by atoms with Crippen LogP contribution in [-0.2, 0) is 17.6 Å². The van der Waals surface area contributed by atoms with Crippen LogP contribution in [-0.4, -0.2) is 128 Å². The summed E-state index contributed by atoms with van der Waals surface area (Å²) in [4.78, 5) is 34.5. The number of aliphatic hydroxyl groups excluding tert-OH is 5. The molecule has 0 unspecified atom stereocenters. The molecule has 1 aromatic heterocycles. The Labute approximate surface area is 351 Å². The Kier molecular flexibility index (Phi) is 22.7. The van der Waals surface area contributed by atoms with Crippen molar-refractivity contribution in [3.8, 4) is 0 Å². The number of hydrogen-bond acceptors (Lipinski definition) is 14. The third kappa shape index (κ3) is 16.0. The van der Waals surface area contributed by atoms with Crippen LogP contribution in [0.1, 0.15) is 79.9 Å². The topological polar surface area (TPSA) is 302 Å². The van der Waals surface area contributed by atoms with Crippen molar-refractivity contribution in [1.29, 1.82) is 5.41 Å². The number of halogens is 2. The summed E-state index contributed by atoms with van der Waals surface area (Å²) in [5, 5.41) is 68.5. The number of unbranched alkanes of at least 4 members (excludes halogenated alkanes) is 4. The van der Waals surface area contributed by atoms with Crippen LogP contribution in [0.5, 0.6) is 0 Å². The Bertz CT molecular complexity index is 1740. The maximum atomic E-state index is 12.5. The number of hydrogen-bond donors (Lipinski definition) is 12. The van der Waals surface area contributed by atoms with E-state index in [1.165, 1.54) is 5.56 Å². The van der Waals surface area contributed by atoms with E-state index in [1.807, 2.05) is 17.0 Å². The molecule has 0 bridgehead atoms. The number of carbonyl (C=O) groups excluding carboxylic acids is 2. The summed E-state index contributed by atoms with van der Waals surface area (Å²) in [6, 6.07) is 11.8. The van der Waals surface area contributed by atoms with Crippen molar-refractivity contribution in [2.24, 2.45) is 5.73 Å². The molecule has 15 N–H and O–H groups in total. The SMILES string of the molecule is CCCCCCN(CCCN[C@@H](CCc1ccc(CCCCNC(=N)NC(=O)c2nc(Cl)c(N)nc2N)c2ccccc12)C(N)=O)C[C@H](O)[C@@H](O)[C@H](O)[C@H](O)CO.Cl. The third-order valence-electron chi connectivity index (χ3n) is 9.82. The molecule has 0 saturated heterocycles. The van der Waals surface area contributed by atoms with E-state index < -0.39 is 48.9 Å². The summed E-state index contributed by atoms with van der Waals surface area (Å²) in [7, 11) is 0. The number of benzene rings is 2. The van der Waals surface area contributed by atoms with E-state index in [4.69, 9.17) is 39.3 Å². The van der Waals surface area contributed by atoms with Gasteiger partial charge >= 0.3 is 0 Å². The van der Waals surface area contributed by atoms with E-state index in [1.54, 1.807) is 0 Å². The number of nitrogens with one attached hydrogen (secondary N) is 4. The molecule has 0 aliphatic heterocycles. The van der Waals surface area contributed by atoms with Crippen LogP contribution in [0.2, 0.25) is 5.15 Å². The van der Waals surface area contributed by atoms with Gasteiger partial charge in [0.05, 0.1) is 18.8 Å². The number of nitrogen functional groups attached to an aromatic ring is 2.